The van der Waals surface area contributed by atoms with Crippen molar-refractivity contribution in [1.82, 2.24) is 4.90 Å². The van der Waals surface area contributed by atoms with Crippen LogP contribution in [0, 0.1) is 23.7 Å². The summed E-state index contributed by atoms with van der Waals surface area (Å²) < 4.78 is 16.8. The Bertz CT molecular complexity index is 869. The van der Waals surface area contributed by atoms with E-state index in [-0.39, 0.29) is 0 Å². The molecule has 2 aromatic rings. The Morgan fingerprint density at radius 2 is 1.93 bits per heavy atom. The Morgan fingerprint density at radius 1 is 1.07 bits per heavy atom. The summed E-state index contributed by atoms with van der Waals surface area (Å²) in [6, 6.07) is 10.3. The molecule has 1 aromatic carbocycles. The summed E-state index contributed by atoms with van der Waals surface area (Å²) in [4.78, 5) is 2.22. The summed E-state index contributed by atoms with van der Waals surface area (Å²) in [5.74, 6) is 12.7. The van der Waals surface area contributed by atoms with Crippen LogP contribution in [0.15, 0.2) is 41.1 Å². The van der Waals surface area contributed by atoms with E-state index >= 15 is 0 Å². The molecule has 0 saturated carbocycles. The number of rotatable bonds is 11. The number of hydrogen-bond acceptors (Lipinski definition) is 5. The maximum atomic E-state index is 5.82. The average molecular weight is 426 g/mol. The van der Waals surface area contributed by atoms with Gasteiger partial charge < -0.3 is 14.2 Å². The number of hydrogen-bond donors (Lipinski definition) is 0. The van der Waals surface area contributed by atoms with E-state index in [4.69, 9.17) is 14.2 Å². The van der Waals surface area contributed by atoms with Gasteiger partial charge in [-0.15, -0.1) is 0 Å². The van der Waals surface area contributed by atoms with Gasteiger partial charge in [-0.2, -0.15) is 11.3 Å². The summed E-state index contributed by atoms with van der Waals surface area (Å²) in [7, 11) is 1.65. The van der Waals surface area contributed by atoms with Crippen molar-refractivity contribution in [1.29, 1.82) is 0 Å². The Morgan fingerprint density at radius 3 is 2.67 bits per heavy atom. The van der Waals surface area contributed by atoms with Gasteiger partial charge in [0.25, 0.3) is 0 Å². The van der Waals surface area contributed by atoms with Gasteiger partial charge in [0.05, 0.1) is 19.8 Å². The minimum Gasteiger partial charge on any atom is -0.491 e. The lowest BCUT2D eigenvalue weighted by Crippen LogP contribution is -2.28. The van der Waals surface area contributed by atoms with E-state index in [1.54, 1.807) is 18.4 Å². The van der Waals surface area contributed by atoms with Crippen molar-refractivity contribution in [2.45, 2.75) is 26.4 Å². The van der Waals surface area contributed by atoms with Crippen LogP contribution < -0.4 is 4.74 Å². The van der Waals surface area contributed by atoms with Crippen molar-refractivity contribution in [2.75, 3.05) is 46.6 Å². The fourth-order valence-corrected chi connectivity index (χ4v) is 3.15. The van der Waals surface area contributed by atoms with Gasteiger partial charge in [-0.25, -0.2) is 0 Å². The van der Waals surface area contributed by atoms with Gasteiger partial charge in [0.2, 0.25) is 0 Å². The van der Waals surface area contributed by atoms with Crippen molar-refractivity contribution < 1.29 is 14.2 Å². The Labute approximate surface area is 185 Å². The van der Waals surface area contributed by atoms with Gasteiger partial charge in [0.1, 0.15) is 18.0 Å². The fraction of sp³-hybridized carbons (Fsp3) is 0.440. The first-order valence-corrected chi connectivity index (χ1v) is 11.1. The molecule has 0 radical (unpaired) electrons. The lowest BCUT2D eigenvalue weighted by Gasteiger charge is -2.17. The summed E-state index contributed by atoms with van der Waals surface area (Å²) in [5.41, 5.74) is 1.93. The van der Waals surface area contributed by atoms with Crippen molar-refractivity contribution in [2.24, 2.45) is 0 Å². The van der Waals surface area contributed by atoms with Crippen molar-refractivity contribution in [3.8, 4) is 40.6 Å². The van der Waals surface area contributed by atoms with Crippen LogP contribution in [0.2, 0.25) is 0 Å². The van der Waals surface area contributed by atoms with Crippen LogP contribution in [0.4, 0.5) is 0 Å². The molecular weight excluding hydrogens is 394 g/mol. The normalized spacial score (nSPS) is 10.8. The number of methoxy groups -OCH3 is 1. The van der Waals surface area contributed by atoms with Crippen molar-refractivity contribution >= 4 is 11.3 Å². The Kier molecular flexibility index (Phi) is 10.5. The first-order valence-electron chi connectivity index (χ1n) is 10.1. The Hall–Kier alpha value is -2.28. The number of thiophene rings is 1. The fourth-order valence-electron chi connectivity index (χ4n) is 2.49. The van der Waals surface area contributed by atoms with Gasteiger partial charge in [-0.05, 0) is 72.3 Å². The molecule has 0 aliphatic heterocycles. The minimum absolute atomic E-state index is 0.458. The second-order valence-electron chi connectivity index (χ2n) is 7.14. The number of ether oxygens (including phenoxy) is 3. The zero-order chi connectivity index (χ0) is 21.7. The van der Waals surface area contributed by atoms with Crippen LogP contribution in [-0.4, -0.2) is 57.1 Å². The third-order valence-corrected chi connectivity index (χ3v) is 5.19. The summed E-state index contributed by atoms with van der Waals surface area (Å²) in [5, 5.41) is 4.22. The molecule has 0 unspecified atom stereocenters. The molecule has 0 N–H and O–H groups in total. The number of nitrogens with zero attached hydrogens (tertiary/aromatic N) is 1. The largest absolute Gasteiger partial charge is 0.491 e. The molecule has 0 amide bonds. The van der Waals surface area contributed by atoms with Crippen molar-refractivity contribution in [3.63, 3.8) is 0 Å². The molecule has 0 atom stereocenters. The second kappa shape index (κ2) is 13.1. The molecule has 5 heteroatoms. The standard InChI is InChI=1S/C25H31NO3S/c1-5-26(14-8-6-7-13-25(2,3)27-4)15-16-28-17-18-29-24-11-9-10-22(20-24)23-12-19-30-21-23/h9-12,19-21H,5,14-18H2,1-4H3. The van der Waals surface area contributed by atoms with E-state index < -0.39 is 5.60 Å². The molecule has 0 aliphatic rings. The first-order chi connectivity index (χ1) is 14.5. The predicted octanol–water partition coefficient (Wildman–Crippen LogP) is 4.56. The molecule has 0 saturated heterocycles. The van der Waals surface area contributed by atoms with Crippen LogP contribution in [0.5, 0.6) is 5.75 Å². The molecular formula is C25H31NO3S. The zero-order valence-electron chi connectivity index (χ0n) is 18.4. The summed E-state index contributed by atoms with van der Waals surface area (Å²) in [6.45, 7) is 10.1. The third kappa shape index (κ3) is 9.03. The lowest BCUT2D eigenvalue weighted by molar-refractivity contribution is 0.0742. The molecule has 0 spiro atoms. The monoisotopic (exact) mass is 425 g/mol. The molecule has 0 bridgehead atoms. The minimum atomic E-state index is -0.458. The molecule has 0 aliphatic carbocycles. The summed E-state index contributed by atoms with van der Waals surface area (Å²) in [6.07, 6.45) is 0. The van der Waals surface area contributed by atoms with Crippen LogP contribution in [0.3, 0.4) is 0 Å². The highest BCUT2D eigenvalue weighted by atomic mass is 32.1. The molecule has 30 heavy (non-hydrogen) atoms. The molecule has 1 aromatic heterocycles. The van der Waals surface area contributed by atoms with E-state index in [9.17, 15) is 0 Å². The van der Waals surface area contributed by atoms with E-state index in [2.05, 4.69) is 64.5 Å². The zero-order valence-corrected chi connectivity index (χ0v) is 19.2. The molecule has 4 nitrogen and oxygen atoms in total. The van der Waals surface area contributed by atoms with Crippen LogP contribution in [0.25, 0.3) is 11.1 Å². The van der Waals surface area contributed by atoms with Crippen LogP contribution in [-0.2, 0) is 9.47 Å². The third-order valence-electron chi connectivity index (χ3n) is 4.51. The van der Waals surface area contributed by atoms with Crippen LogP contribution >= 0.6 is 11.3 Å². The van der Waals surface area contributed by atoms with Gasteiger partial charge in [0.15, 0.2) is 0 Å². The first kappa shape index (κ1) is 24.0. The second-order valence-corrected chi connectivity index (χ2v) is 7.92. The van der Waals surface area contributed by atoms with Crippen molar-refractivity contribution in [3.05, 3.63) is 41.1 Å². The maximum absolute atomic E-state index is 5.82. The highest BCUT2D eigenvalue weighted by Crippen LogP contribution is 2.25. The number of benzene rings is 1. The van der Waals surface area contributed by atoms with Gasteiger partial charge in [-0.1, -0.05) is 30.9 Å². The smallest absolute Gasteiger partial charge is 0.123 e. The van der Waals surface area contributed by atoms with Gasteiger partial charge in [-0.3, -0.25) is 4.90 Å². The average Bonchev–Trinajstić information content (AvgIpc) is 3.29. The quantitative estimate of drug-likeness (QED) is 0.390. The van der Waals surface area contributed by atoms with E-state index in [1.807, 2.05) is 26.0 Å². The molecule has 0 fully saturated rings. The maximum Gasteiger partial charge on any atom is 0.123 e. The van der Waals surface area contributed by atoms with E-state index in [0.717, 1.165) is 18.8 Å². The highest BCUT2D eigenvalue weighted by Gasteiger charge is 2.10. The highest BCUT2D eigenvalue weighted by molar-refractivity contribution is 7.08. The SMILES string of the molecule is CCN(CC#CC#CC(C)(C)OC)CCOCCOc1cccc(-c2ccsc2)c1. The van der Waals surface area contributed by atoms with Crippen LogP contribution in [0.1, 0.15) is 20.8 Å². The molecule has 160 valence electrons. The molecule has 1 heterocycles. The summed E-state index contributed by atoms with van der Waals surface area (Å²) >= 11 is 1.70. The number of likely N-dealkylation sites (N-methyl/N-ethyl adjacent to an activating group) is 1. The lowest BCUT2D eigenvalue weighted by atomic mass is 10.1. The van der Waals surface area contributed by atoms with E-state index in [0.29, 0.717) is 26.4 Å². The molecule has 2 rings (SSSR count). The van der Waals surface area contributed by atoms with E-state index in [1.165, 1.54) is 11.1 Å². The topological polar surface area (TPSA) is 30.9 Å². The predicted molar refractivity (Wildman–Crippen MR) is 125 cm³/mol. The van der Waals surface area contributed by atoms with Gasteiger partial charge >= 0.3 is 0 Å². The van der Waals surface area contributed by atoms with Gasteiger partial charge in [0, 0.05) is 13.7 Å². The Balaban J connectivity index is 1.63.